The van der Waals surface area contributed by atoms with Crippen molar-refractivity contribution in [3.8, 4) is 5.88 Å². The molecule has 2 aromatic heterocycles. The molecule has 2 aliphatic rings. The molecule has 0 spiro atoms. The number of aromatic amines is 1. The van der Waals surface area contributed by atoms with Gasteiger partial charge in [-0.2, -0.15) is 5.10 Å². The lowest BCUT2D eigenvalue weighted by Crippen LogP contribution is -2.46. The molecule has 2 aliphatic heterocycles. The highest BCUT2D eigenvalue weighted by atomic mass is 19.1. The molecule has 0 saturated carbocycles. The Morgan fingerprint density at radius 2 is 1.81 bits per heavy atom. The van der Waals surface area contributed by atoms with E-state index in [-0.39, 0.29) is 30.3 Å². The Labute approximate surface area is 248 Å². The van der Waals surface area contributed by atoms with Crippen molar-refractivity contribution in [3.05, 3.63) is 71.3 Å². The molecule has 10 nitrogen and oxygen atoms in total. The fourth-order valence-electron chi connectivity index (χ4n) is 5.51. The number of hydrogen-bond acceptors (Lipinski definition) is 8. The summed E-state index contributed by atoms with van der Waals surface area (Å²) in [6.07, 6.45) is 1.72. The number of H-pyrrole nitrogens is 1. The number of amides is 1. The van der Waals surface area contributed by atoms with Gasteiger partial charge >= 0.3 is 0 Å². The molecule has 0 unspecified atom stereocenters. The van der Waals surface area contributed by atoms with Crippen LogP contribution in [0.25, 0.3) is 11.0 Å². The fraction of sp³-hybridized carbons (Fsp3) is 0.387. The summed E-state index contributed by atoms with van der Waals surface area (Å²) >= 11 is 0. The van der Waals surface area contributed by atoms with Crippen molar-refractivity contribution in [2.45, 2.75) is 32.4 Å². The Kier molecular flexibility index (Phi) is 8.66. The lowest BCUT2D eigenvalue weighted by Gasteiger charge is -2.36. The standard InChI is InChI=1S/C31H35F2N7O3/c1-2-39-9-11-40(12-10-39)24-3-4-25(27(18-24)34-23-7-13-42-14-8-23)31(41)36-30-29-26(37-38-30)5-6-28(35-29)43-19-20-15-21(32)17-22(33)16-20/h3-6,15-18,23,34H,2,7-14,19H2,1H3,(H2,36,37,38,41). The van der Waals surface area contributed by atoms with E-state index in [2.05, 4.69) is 48.6 Å². The quantitative estimate of drug-likeness (QED) is 0.255. The third kappa shape index (κ3) is 6.86. The van der Waals surface area contributed by atoms with Crippen LogP contribution < -0.4 is 20.3 Å². The number of anilines is 3. The number of carbonyl (C=O) groups is 1. The van der Waals surface area contributed by atoms with E-state index in [1.165, 1.54) is 12.1 Å². The number of piperazine rings is 1. The first kappa shape index (κ1) is 28.8. The Morgan fingerprint density at radius 3 is 2.56 bits per heavy atom. The van der Waals surface area contributed by atoms with E-state index in [0.717, 1.165) is 63.0 Å². The average molecular weight is 592 g/mol. The second-order valence-electron chi connectivity index (χ2n) is 10.8. The summed E-state index contributed by atoms with van der Waals surface area (Å²) in [7, 11) is 0. The van der Waals surface area contributed by atoms with Crippen molar-refractivity contribution < 1.29 is 23.0 Å². The number of nitrogens with one attached hydrogen (secondary N) is 3. The van der Waals surface area contributed by atoms with Crippen LogP contribution in [-0.2, 0) is 11.3 Å². The van der Waals surface area contributed by atoms with Gasteiger partial charge in [-0.25, -0.2) is 13.8 Å². The molecule has 0 aliphatic carbocycles. The van der Waals surface area contributed by atoms with Gasteiger partial charge in [0.25, 0.3) is 5.91 Å². The third-order valence-electron chi connectivity index (χ3n) is 7.94. The van der Waals surface area contributed by atoms with Crippen LogP contribution in [0.15, 0.2) is 48.5 Å². The van der Waals surface area contributed by atoms with Gasteiger partial charge in [0.15, 0.2) is 5.82 Å². The summed E-state index contributed by atoms with van der Waals surface area (Å²) in [5.41, 5.74) is 3.68. The number of carbonyl (C=O) groups excluding carboxylic acids is 1. The van der Waals surface area contributed by atoms with E-state index in [0.29, 0.717) is 35.4 Å². The predicted molar refractivity (Wildman–Crippen MR) is 161 cm³/mol. The van der Waals surface area contributed by atoms with Crippen LogP contribution in [0, 0.1) is 11.6 Å². The molecule has 4 aromatic rings. The first-order valence-corrected chi connectivity index (χ1v) is 14.6. The van der Waals surface area contributed by atoms with Crippen molar-refractivity contribution in [2.75, 3.05) is 61.5 Å². The van der Waals surface area contributed by atoms with E-state index >= 15 is 0 Å². The largest absolute Gasteiger partial charge is 0.473 e. The molecule has 0 atom stereocenters. The van der Waals surface area contributed by atoms with Crippen LogP contribution in [0.3, 0.4) is 0 Å². The fourth-order valence-corrected chi connectivity index (χ4v) is 5.51. The van der Waals surface area contributed by atoms with Gasteiger partial charge in [-0.05, 0) is 61.3 Å². The maximum atomic E-state index is 13.7. The normalized spacial score (nSPS) is 16.4. The van der Waals surface area contributed by atoms with Crippen molar-refractivity contribution in [2.24, 2.45) is 0 Å². The molecule has 3 N–H and O–H groups in total. The van der Waals surface area contributed by atoms with Gasteiger partial charge in [0.1, 0.15) is 23.8 Å². The van der Waals surface area contributed by atoms with Crippen molar-refractivity contribution in [1.82, 2.24) is 20.1 Å². The third-order valence-corrected chi connectivity index (χ3v) is 7.94. The average Bonchev–Trinajstić information content (AvgIpc) is 3.41. The van der Waals surface area contributed by atoms with Crippen LogP contribution in [0.1, 0.15) is 35.7 Å². The highest BCUT2D eigenvalue weighted by molar-refractivity contribution is 6.10. The molecule has 0 bridgehead atoms. The van der Waals surface area contributed by atoms with Crippen LogP contribution >= 0.6 is 0 Å². The molecule has 2 aromatic carbocycles. The Bertz CT molecular complexity index is 1560. The van der Waals surface area contributed by atoms with Gasteiger partial charge in [-0.3, -0.25) is 9.89 Å². The molecule has 43 heavy (non-hydrogen) atoms. The summed E-state index contributed by atoms with van der Waals surface area (Å²) in [5, 5.41) is 13.7. The minimum atomic E-state index is -0.681. The van der Waals surface area contributed by atoms with Crippen LogP contribution in [0.2, 0.25) is 0 Å². The number of ether oxygens (including phenoxy) is 2. The molecule has 1 amide bonds. The van der Waals surface area contributed by atoms with Gasteiger partial charge in [0.2, 0.25) is 5.88 Å². The molecule has 2 saturated heterocycles. The summed E-state index contributed by atoms with van der Waals surface area (Å²) < 4.78 is 38.3. The Balaban J connectivity index is 1.21. The highest BCUT2D eigenvalue weighted by Crippen LogP contribution is 2.29. The molecule has 2 fully saturated rings. The number of rotatable bonds is 9. The number of likely N-dealkylation sites (N-methyl/N-ethyl adjacent to an activating group) is 1. The molecule has 6 rings (SSSR count). The molecule has 4 heterocycles. The zero-order valence-corrected chi connectivity index (χ0v) is 24.0. The van der Waals surface area contributed by atoms with E-state index in [1.807, 2.05) is 12.1 Å². The number of fused-ring (bicyclic) bond motifs is 1. The summed E-state index contributed by atoms with van der Waals surface area (Å²) in [6.45, 7) is 8.38. The monoisotopic (exact) mass is 591 g/mol. The lowest BCUT2D eigenvalue weighted by atomic mass is 10.1. The zero-order chi connectivity index (χ0) is 29.8. The lowest BCUT2D eigenvalue weighted by molar-refractivity contribution is 0.0904. The van der Waals surface area contributed by atoms with Crippen LogP contribution in [-0.4, -0.2) is 78.0 Å². The van der Waals surface area contributed by atoms with Crippen molar-refractivity contribution in [3.63, 3.8) is 0 Å². The van der Waals surface area contributed by atoms with E-state index in [9.17, 15) is 13.6 Å². The highest BCUT2D eigenvalue weighted by Gasteiger charge is 2.22. The molecular formula is C31H35F2N7O3. The molecule has 12 heteroatoms. The van der Waals surface area contributed by atoms with Crippen molar-refractivity contribution >= 4 is 34.1 Å². The minimum Gasteiger partial charge on any atom is -0.473 e. The van der Waals surface area contributed by atoms with Gasteiger partial charge in [-0.1, -0.05) is 6.92 Å². The van der Waals surface area contributed by atoms with Gasteiger partial charge in [-0.15, -0.1) is 0 Å². The first-order chi connectivity index (χ1) is 20.9. The SMILES string of the molecule is CCN1CCN(c2ccc(C(=O)Nc3n[nH]c4ccc(OCc5cc(F)cc(F)c5)nc34)c(NC3CCOCC3)c2)CC1. The second kappa shape index (κ2) is 12.9. The van der Waals surface area contributed by atoms with Gasteiger partial charge in [0, 0.05) is 68.9 Å². The van der Waals surface area contributed by atoms with Crippen LogP contribution in [0.4, 0.5) is 26.0 Å². The predicted octanol–water partition coefficient (Wildman–Crippen LogP) is 4.80. The maximum Gasteiger partial charge on any atom is 0.259 e. The number of pyridine rings is 1. The summed E-state index contributed by atoms with van der Waals surface area (Å²) in [5.74, 6) is -1.21. The van der Waals surface area contributed by atoms with Gasteiger partial charge < -0.3 is 29.9 Å². The number of benzene rings is 2. The first-order valence-electron chi connectivity index (χ1n) is 14.6. The van der Waals surface area contributed by atoms with Gasteiger partial charge in [0.05, 0.1) is 11.1 Å². The van der Waals surface area contributed by atoms with Crippen LogP contribution in [0.5, 0.6) is 5.88 Å². The molecular weight excluding hydrogens is 556 g/mol. The number of aromatic nitrogens is 3. The maximum absolute atomic E-state index is 13.7. The molecule has 0 radical (unpaired) electrons. The number of nitrogens with zero attached hydrogens (tertiary/aromatic N) is 4. The smallest absolute Gasteiger partial charge is 0.259 e. The summed E-state index contributed by atoms with van der Waals surface area (Å²) in [6, 6.07) is 12.7. The zero-order valence-electron chi connectivity index (χ0n) is 24.0. The van der Waals surface area contributed by atoms with Crippen molar-refractivity contribution in [1.29, 1.82) is 0 Å². The Morgan fingerprint density at radius 1 is 1.05 bits per heavy atom. The summed E-state index contributed by atoms with van der Waals surface area (Å²) in [4.78, 5) is 22.9. The number of halogens is 2. The second-order valence-corrected chi connectivity index (χ2v) is 10.8. The number of hydrogen-bond donors (Lipinski definition) is 3. The Hall–Kier alpha value is -4.29. The minimum absolute atomic E-state index is 0.0756. The van der Waals surface area contributed by atoms with E-state index in [4.69, 9.17) is 9.47 Å². The topological polar surface area (TPSA) is 108 Å². The van der Waals surface area contributed by atoms with E-state index < -0.39 is 11.6 Å². The van der Waals surface area contributed by atoms with E-state index in [1.54, 1.807) is 12.1 Å². The molecule has 226 valence electrons.